The Hall–Kier alpha value is -3.13. The standard InChI is InChI=1S/C33H44N6O/c1-37-17-13-30(14-18-37)38-19-11-27(12-20-38)35-28-23-32(36-33(24-28)26-5-9-31(40-2)10-6-26)25-3-7-29(8-4-25)39-21-15-34-16-22-39/h3-10,23-24,27,30,34H,11-22H2,1-2H3,(H,35,36). The molecule has 7 heteroatoms. The van der Waals surface area contributed by atoms with Gasteiger partial charge in [-0.15, -0.1) is 0 Å². The Morgan fingerprint density at radius 1 is 0.775 bits per heavy atom. The van der Waals surface area contributed by atoms with Gasteiger partial charge in [-0.2, -0.15) is 0 Å². The number of hydrogen-bond acceptors (Lipinski definition) is 7. The lowest BCUT2D eigenvalue weighted by Crippen LogP contribution is -2.48. The number of nitrogens with zero attached hydrogens (tertiary/aromatic N) is 4. The molecule has 212 valence electrons. The molecule has 0 unspecified atom stereocenters. The molecule has 7 nitrogen and oxygen atoms in total. The summed E-state index contributed by atoms with van der Waals surface area (Å²) in [5.74, 6) is 0.859. The fourth-order valence-corrected chi connectivity index (χ4v) is 6.44. The highest BCUT2D eigenvalue weighted by molar-refractivity contribution is 5.73. The molecular weight excluding hydrogens is 496 g/mol. The third-order valence-corrected chi connectivity index (χ3v) is 8.96. The highest BCUT2D eigenvalue weighted by Crippen LogP contribution is 2.31. The predicted molar refractivity (Wildman–Crippen MR) is 165 cm³/mol. The Bertz CT molecular complexity index is 1220. The monoisotopic (exact) mass is 540 g/mol. The summed E-state index contributed by atoms with van der Waals surface area (Å²) in [6.45, 7) is 9.01. The van der Waals surface area contributed by atoms with E-state index in [1.54, 1.807) is 7.11 Å². The first-order valence-electron chi connectivity index (χ1n) is 15.1. The Morgan fingerprint density at radius 3 is 1.98 bits per heavy atom. The Labute approximate surface area is 239 Å². The molecule has 3 fully saturated rings. The zero-order valence-electron chi connectivity index (χ0n) is 24.1. The molecule has 3 aromatic rings. The first kappa shape index (κ1) is 27.1. The van der Waals surface area contributed by atoms with E-state index in [-0.39, 0.29) is 0 Å². The topological polar surface area (TPSA) is 55.9 Å². The summed E-state index contributed by atoms with van der Waals surface area (Å²) in [5.41, 5.74) is 6.67. The van der Waals surface area contributed by atoms with Gasteiger partial charge in [0, 0.05) is 73.9 Å². The zero-order valence-corrected chi connectivity index (χ0v) is 24.1. The van der Waals surface area contributed by atoms with Crippen molar-refractivity contribution in [2.24, 2.45) is 0 Å². The van der Waals surface area contributed by atoms with Crippen LogP contribution in [0.1, 0.15) is 25.7 Å². The third-order valence-electron chi connectivity index (χ3n) is 8.96. The van der Waals surface area contributed by atoms with E-state index < -0.39 is 0 Å². The first-order chi connectivity index (χ1) is 19.6. The minimum absolute atomic E-state index is 0.483. The maximum atomic E-state index is 5.39. The molecule has 2 N–H and O–H groups in total. The number of likely N-dealkylation sites (tertiary alicyclic amines) is 2. The number of piperidine rings is 2. The molecule has 0 atom stereocenters. The Kier molecular flexibility index (Phi) is 8.51. The van der Waals surface area contributed by atoms with Gasteiger partial charge < -0.3 is 30.1 Å². The molecule has 1 aromatic heterocycles. The largest absolute Gasteiger partial charge is 0.497 e. The molecule has 6 rings (SSSR count). The van der Waals surface area contributed by atoms with E-state index >= 15 is 0 Å². The van der Waals surface area contributed by atoms with E-state index in [0.717, 1.165) is 66.2 Å². The average Bonchev–Trinajstić information content (AvgIpc) is 3.02. The van der Waals surface area contributed by atoms with Gasteiger partial charge in [-0.05, 0) is 94.4 Å². The number of nitrogens with one attached hydrogen (secondary N) is 2. The second kappa shape index (κ2) is 12.6. The minimum atomic E-state index is 0.483. The molecule has 0 radical (unpaired) electrons. The van der Waals surface area contributed by atoms with Crippen LogP contribution >= 0.6 is 0 Å². The Morgan fingerprint density at radius 2 is 1.38 bits per heavy atom. The van der Waals surface area contributed by atoms with Gasteiger partial charge in [-0.3, -0.25) is 0 Å². The van der Waals surface area contributed by atoms with Gasteiger partial charge in [-0.1, -0.05) is 12.1 Å². The van der Waals surface area contributed by atoms with Gasteiger partial charge in [-0.25, -0.2) is 4.98 Å². The van der Waals surface area contributed by atoms with Gasteiger partial charge in [0.15, 0.2) is 0 Å². The second-order valence-electron chi connectivity index (χ2n) is 11.6. The van der Waals surface area contributed by atoms with Gasteiger partial charge in [0.05, 0.1) is 18.5 Å². The third kappa shape index (κ3) is 6.43. The van der Waals surface area contributed by atoms with Gasteiger partial charge in [0.25, 0.3) is 0 Å². The van der Waals surface area contributed by atoms with Crippen molar-refractivity contribution in [3.05, 3.63) is 60.7 Å². The van der Waals surface area contributed by atoms with E-state index in [0.29, 0.717) is 6.04 Å². The molecule has 3 aliphatic heterocycles. The summed E-state index contributed by atoms with van der Waals surface area (Å²) in [7, 11) is 3.95. The molecule has 0 aliphatic carbocycles. The van der Waals surface area contributed by atoms with Crippen molar-refractivity contribution in [2.75, 3.05) is 76.7 Å². The molecule has 4 heterocycles. The number of rotatable bonds is 7. The van der Waals surface area contributed by atoms with Crippen LogP contribution in [0, 0.1) is 0 Å². The normalized spacial score (nSPS) is 20.0. The van der Waals surface area contributed by atoms with Gasteiger partial charge >= 0.3 is 0 Å². The summed E-state index contributed by atoms with van der Waals surface area (Å²) in [6, 6.07) is 22.8. The van der Waals surface area contributed by atoms with Gasteiger partial charge in [0.2, 0.25) is 0 Å². The average molecular weight is 541 g/mol. The first-order valence-corrected chi connectivity index (χ1v) is 15.1. The maximum Gasteiger partial charge on any atom is 0.118 e. The number of hydrogen-bond donors (Lipinski definition) is 2. The van der Waals surface area contributed by atoms with Gasteiger partial charge in [0.1, 0.15) is 5.75 Å². The number of piperazine rings is 1. The molecular formula is C33H44N6O. The number of benzene rings is 2. The summed E-state index contributed by atoms with van der Waals surface area (Å²) >= 11 is 0. The van der Waals surface area contributed by atoms with Crippen LogP contribution in [0.15, 0.2) is 60.7 Å². The molecule has 0 amide bonds. The van der Waals surface area contributed by atoms with E-state index in [4.69, 9.17) is 9.72 Å². The smallest absolute Gasteiger partial charge is 0.118 e. The van der Waals surface area contributed by atoms with Crippen molar-refractivity contribution in [3.8, 4) is 28.3 Å². The van der Waals surface area contributed by atoms with Crippen LogP contribution in [0.2, 0.25) is 0 Å². The molecule has 3 aliphatic rings. The van der Waals surface area contributed by atoms with Crippen molar-refractivity contribution in [3.63, 3.8) is 0 Å². The molecule has 0 spiro atoms. The quantitative estimate of drug-likeness (QED) is 0.446. The summed E-state index contributed by atoms with van der Waals surface area (Å²) in [5, 5.41) is 7.34. The van der Waals surface area contributed by atoms with E-state index in [1.165, 1.54) is 57.5 Å². The highest BCUT2D eigenvalue weighted by Gasteiger charge is 2.27. The van der Waals surface area contributed by atoms with Crippen LogP contribution < -0.4 is 20.3 Å². The predicted octanol–water partition coefficient (Wildman–Crippen LogP) is 4.80. The zero-order chi connectivity index (χ0) is 27.3. The van der Waals surface area contributed by atoms with Crippen LogP contribution in [0.5, 0.6) is 5.75 Å². The van der Waals surface area contributed by atoms with E-state index in [2.05, 4.69) is 80.9 Å². The van der Waals surface area contributed by atoms with Crippen molar-refractivity contribution in [2.45, 2.75) is 37.8 Å². The summed E-state index contributed by atoms with van der Waals surface area (Å²) in [4.78, 5) is 12.8. The number of aromatic nitrogens is 1. The van der Waals surface area contributed by atoms with E-state index in [1.807, 2.05) is 12.1 Å². The fraction of sp³-hybridized carbons (Fsp3) is 0.485. The lowest BCUT2D eigenvalue weighted by molar-refractivity contribution is 0.0994. The number of methoxy groups -OCH3 is 1. The second-order valence-corrected chi connectivity index (χ2v) is 11.6. The van der Waals surface area contributed by atoms with Crippen molar-refractivity contribution in [1.29, 1.82) is 0 Å². The van der Waals surface area contributed by atoms with E-state index in [9.17, 15) is 0 Å². The van der Waals surface area contributed by atoms with Crippen molar-refractivity contribution >= 4 is 11.4 Å². The number of pyridine rings is 1. The summed E-state index contributed by atoms with van der Waals surface area (Å²) in [6.07, 6.45) is 4.98. The van der Waals surface area contributed by atoms with Crippen LogP contribution in [0.25, 0.3) is 22.5 Å². The molecule has 3 saturated heterocycles. The molecule has 40 heavy (non-hydrogen) atoms. The van der Waals surface area contributed by atoms with Crippen LogP contribution in [0.3, 0.4) is 0 Å². The minimum Gasteiger partial charge on any atom is -0.497 e. The Balaban J connectivity index is 1.20. The van der Waals surface area contributed by atoms with Crippen LogP contribution in [0.4, 0.5) is 11.4 Å². The van der Waals surface area contributed by atoms with Crippen molar-refractivity contribution in [1.82, 2.24) is 20.1 Å². The lowest BCUT2D eigenvalue weighted by atomic mass is 9.97. The molecule has 0 saturated carbocycles. The van der Waals surface area contributed by atoms with Crippen LogP contribution in [-0.2, 0) is 0 Å². The van der Waals surface area contributed by atoms with Crippen molar-refractivity contribution < 1.29 is 4.74 Å². The molecule has 0 bridgehead atoms. The molecule has 2 aromatic carbocycles. The fourth-order valence-electron chi connectivity index (χ4n) is 6.44. The number of anilines is 2. The highest BCUT2D eigenvalue weighted by atomic mass is 16.5. The maximum absolute atomic E-state index is 5.39. The summed E-state index contributed by atoms with van der Waals surface area (Å²) < 4.78 is 5.39. The van der Waals surface area contributed by atoms with Crippen LogP contribution in [-0.4, -0.2) is 93.4 Å². The SMILES string of the molecule is COc1ccc(-c2cc(NC3CCN(C4CCN(C)CC4)CC3)cc(-c3ccc(N4CCNCC4)cc3)n2)cc1. The number of ether oxygens (including phenoxy) is 1. The lowest BCUT2D eigenvalue weighted by Gasteiger charge is -2.41.